The SMILES string of the molecule is COC(=O)N1CC(c2nc(-c3ccc(C)c(NC(=O)c4cnc5ccc(CCC#N)cn45)c3)no2)C1. The lowest BCUT2D eigenvalue weighted by molar-refractivity contribution is 0.0804. The van der Waals surface area contributed by atoms with Crippen LogP contribution in [0.1, 0.15) is 39.8 Å². The highest BCUT2D eigenvalue weighted by atomic mass is 16.5. The van der Waals surface area contributed by atoms with Gasteiger partial charge in [0.05, 0.1) is 25.3 Å². The van der Waals surface area contributed by atoms with E-state index >= 15 is 0 Å². The fraction of sp³-hybridized carbons (Fsp3) is 0.280. The molecule has 3 aromatic heterocycles. The molecule has 0 aliphatic carbocycles. The first kappa shape index (κ1) is 23.0. The van der Waals surface area contributed by atoms with Crippen molar-refractivity contribution in [1.29, 1.82) is 5.26 Å². The quantitative estimate of drug-likeness (QED) is 0.437. The number of hydrogen-bond donors (Lipinski definition) is 1. The Morgan fingerprint density at radius 2 is 2.11 bits per heavy atom. The van der Waals surface area contributed by atoms with Crippen molar-refractivity contribution in [2.24, 2.45) is 0 Å². The molecule has 11 nitrogen and oxygen atoms in total. The van der Waals surface area contributed by atoms with E-state index in [1.165, 1.54) is 13.3 Å². The molecule has 2 amide bonds. The van der Waals surface area contributed by atoms with E-state index in [1.54, 1.807) is 15.4 Å². The van der Waals surface area contributed by atoms with Crippen molar-refractivity contribution < 1.29 is 18.8 Å². The molecule has 182 valence electrons. The van der Waals surface area contributed by atoms with Gasteiger partial charge in [0.15, 0.2) is 0 Å². The molecule has 1 fully saturated rings. The Kier molecular flexibility index (Phi) is 6.08. The van der Waals surface area contributed by atoms with Gasteiger partial charge in [0.25, 0.3) is 5.91 Å². The average Bonchev–Trinajstić information content (AvgIpc) is 3.50. The largest absolute Gasteiger partial charge is 0.453 e. The maximum absolute atomic E-state index is 13.1. The van der Waals surface area contributed by atoms with E-state index in [2.05, 4.69) is 26.5 Å². The Morgan fingerprint density at radius 3 is 2.89 bits per heavy atom. The Hall–Kier alpha value is -4.72. The normalized spacial score (nSPS) is 13.3. The highest BCUT2D eigenvalue weighted by molar-refractivity contribution is 6.04. The van der Waals surface area contributed by atoms with Gasteiger partial charge in [-0.05, 0) is 36.6 Å². The van der Waals surface area contributed by atoms with Crippen LogP contribution in [0.2, 0.25) is 0 Å². The molecule has 1 aromatic carbocycles. The Morgan fingerprint density at radius 1 is 1.28 bits per heavy atom. The third kappa shape index (κ3) is 4.36. The predicted octanol–water partition coefficient (Wildman–Crippen LogP) is 3.57. The monoisotopic (exact) mass is 485 g/mol. The molecule has 0 bridgehead atoms. The van der Waals surface area contributed by atoms with Crippen LogP contribution >= 0.6 is 0 Å². The molecule has 4 heterocycles. The summed E-state index contributed by atoms with van der Waals surface area (Å²) in [5.74, 6) is 0.498. The number of likely N-dealkylation sites (tertiary alicyclic amines) is 1. The number of aromatic nitrogens is 4. The van der Waals surface area contributed by atoms with Crippen LogP contribution in [0.25, 0.3) is 17.0 Å². The summed E-state index contributed by atoms with van der Waals surface area (Å²) in [5, 5.41) is 15.9. The highest BCUT2D eigenvalue weighted by Gasteiger charge is 2.36. The number of methoxy groups -OCH3 is 1. The molecule has 1 saturated heterocycles. The van der Waals surface area contributed by atoms with Gasteiger partial charge in [-0.3, -0.25) is 9.20 Å². The average molecular weight is 486 g/mol. The zero-order valence-electron chi connectivity index (χ0n) is 19.8. The maximum Gasteiger partial charge on any atom is 0.409 e. The number of rotatable bonds is 6. The summed E-state index contributed by atoms with van der Waals surface area (Å²) in [6, 6.07) is 11.4. The van der Waals surface area contributed by atoms with Gasteiger partial charge >= 0.3 is 6.09 Å². The molecular weight excluding hydrogens is 462 g/mol. The molecule has 0 saturated carbocycles. The van der Waals surface area contributed by atoms with Crippen molar-refractivity contribution in [3.8, 4) is 17.5 Å². The molecule has 0 radical (unpaired) electrons. The van der Waals surface area contributed by atoms with Crippen LogP contribution in [-0.4, -0.2) is 56.6 Å². The van der Waals surface area contributed by atoms with Crippen molar-refractivity contribution in [2.45, 2.75) is 25.7 Å². The number of amides is 2. The minimum absolute atomic E-state index is 0.0387. The van der Waals surface area contributed by atoms with Crippen LogP contribution in [0.15, 0.2) is 47.2 Å². The van der Waals surface area contributed by atoms with Gasteiger partial charge in [-0.15, -0.1) is 0 Å². The molecule has 5 rings (SSSR count). The van der Waals surface area contributed by atoms with Gasteiger partial charge in [0.1, 0.15) is 11.3 Å². The number of carbonyl (C=O) groups is 2. The van der Waals surface area contributed by atoms with Crippen LogP contribution in [0.3, 0.4) is 0 Å². The summed E-state index contributed by atoms with van der Waals surface area (Å²) in [6.45, 7) is 2.81. The van der Waals surface area contributed by atoms with Gasteiger partial charge in [-0.25, -0.2) is 9.78 Å². The molecule has 36 heavy (non-hydrogen) atoms. The smallest absolute Gasteiger partial charge is 0.409 e. The van der Waals surface area contributed by atoms with E-state index in [1.807, 2.05) is 37.4 Å². The lowest BCUT2D eigenvalue weighted by atomic mass is 10.0. The predicted molar refractivity (Wildman–Crippen MR) is 128 cm³/mol. The fourth-order valence-electron chi connectivity index (χ4n) is 4.05. The number of aryl methyl sites for hydroxylation is 2. The molecule has 1 N–H and O–H groups in total. The van der Waals surface area contributed by atoms with Gasteiger partial charge in [0, 0.05) is 37.0 Å². The molecule has 11 heteroatoms. The lowest BCUT2D eigenvalue weighted by Gasteiger charge is -2.35. The van der Waals surface area contributed by atoms with Crippen molar-refractivity contribution in [1.82, 2.24) is 24.4 Å². The fourth-order valence-corrected chi connectivity index (χ4v) is 4.05. The summed E-state index contributed by atoms with van der Waals surface area (Å²) in [7, 11) is 1.35. The second-order valence-corrected chi connectivity index (χ2v) is 8.58. The van der Waals surface area contributed by atoms with Crippen LogP contribution in [0.4, 0.5) is 10.5 Å². The van der Waals surface area contributed by atoms with Crippen molar-refractivity contribution in [2.75, 3.05) is 25.5 Å². The lowest BCUT2D eigenvalue weighted by Crippen LogP contribution is -2.48. The number of pyridine rings is 1. The number of nitriles is 1. The zero-order chi connectivity index (χ0) is 25.2. The van der Waals surface area contributed by atoms with Crippen LogP contribution in [0, 0.1) is 18.3 Å². The van der Waals surface area contributed by atoms with Crippen LogP contribution in [0.5, 0.6) is 0 Å². The number of imidazole rings is 1. The molecule has 1 aliphatic heterocycles. The molecule has 1 aliphatic rings. The Bertz CT molecular complexity index is 1490. The molecule has 4 aromatic rings. The van der Waals surface area contributed by atoms with Gasteiger partial charge in [-0.2, -0.15) is 10.2 Å². The summed E-state index contributed by atoms with van der Waals surface area (Å²) in [6.07, 6.45) is 3.98. The highest BCUT2D eigenvalue weighted by Crippen LogP contribution is 2.29. The van der Waals surface area contributed by atoms with E-state index in [-0.39, 0.29) is 17.9 Å². The van der Waals surface area contributed by atoms with E-state index in [4.69, 9.17) is 14.5 Å². The summed E-state index contributed by atoms with van der Waals surface area (Å²) >= 11 is 0. The van der Waals surface area contributed by atoms with E-state index in [0.29, 0.717) is 60.2 Å². The number of nitrogens with zero attached hydrogens (tertiary/aromatic N) is 6. The van der Waals surface area contributed by atoms with Gasteiger partial charge in [0.2, 0.25) is 11.7 Å². The molecule has 0 unspecified atom stereocenters. The van der Waals surface area contributed by atoms with Crippen LogP contribution in [-0.2, 0) is 11.2 Å². The Labute approximate surface area is 206 Å². The number of benzene rings is 1. The number of nitrogens with one attached hydrogen (secondary N) is 1. The summed E-state index contributed by atoms with van der Waals surface area (Å²) in [5.41, 5.74) is 4.14. The van der Waals surface area contributed by atoms with E-state index < -0.39 is 0 Å². The second kappa shape index (κ2) is 9.50. The van der Waals surface area contributed by atoms with Crippen molar-refractivity contribution in [3.05, 3.63) is 65.4 Å². The number of anilines is 1. The van der Waals surface area contributed by atoms with Gasteiger partial charge in [-0.1, -0.05) is 23.4 Å². The topological polar surface area (TPSA) is 139 Å². The third-order valence-electron chi connectivity index (χ3n) is 6.17. The van der Waals surface area contributed by atoms with Crippen molar-refractivity contribution in [3.63, 3.8) is 0 Å². The molecular formula is C25H23N7O4. The van der Waals surface area contributed by atoms with Gasteiger partial charge < -0.3 is 19.5 Å². The summed E-state index contributed by atoms with van der Waals surface area (Å²) in [4.78, 5) is 35.1. The first-order valence-electron chi connectivity index (χ1n) is 11.4. The van der Waals surface area contributed by atoms with Crippen LogP contribution < -0.4 is 5.32 Å². The van der Waals surface area contributed by atoms with E-state index in [0.717, 1.165) is 11.1 Å². The van der Waals surface area contributed by atoms with Crippen molar-refractivity contribution >= 4 is 23.3 Å². The standard InChI is InChI=1S/C25H23N7O4/c1-15-5-7-17(22-29-24(36-30-22)18-13-31(14-18)25(34)35-2)10-19(15)28-23(33)20-11-27-21-8-6-16(4-3-9-26)12-32(20)21/h5-8,10-12,18H,3-4,13-14H2,1-2H3,(H,28,33). The number of fused-ring (bicyclic) bond motifs is 1. The molecule has 0 spiro atoms. The first-order chi connectivity index (χ1) is 17.5. The number of carbonyl (C=O) groups excluding carboxylic acids is 2. The first-order valence-corrected chi connectivity index (χ1v) is 11.4. The minimum atomic E-state index is -0.380. The summed E-state index contributed by atoms with van der Waals surface area (Å²) < 4.78 is 11.9. The van der Waals surface area contributed by atoms with E-state index in [9.17, 15) is 9.59 Å². The Balaban J connectivity index is 1.33. The maximum atomic E-state index is 13.1. The molecule has 0 atom stereocenters. The zero-order valence-corrected chi connectivity index (χ0v) is 19.8. The third-order valence-corrected chi connectivity index (χ3v) is 6.17. The number of ether oxygens (including phenoxy) is 1. The number of hydrogen-bond acceptors (Lipinski definition) is 8. The second-order valence-electron chi connectivity index (χ2n) is 8.58. The minimum Gasteiger partial charge on any atom is -0.453 e.